The molecule has 1 saturated carbocycles. The number of hydrogen-bond donors (Lipinski definition) is 4. The maximum atomic E-state index is 12.3. The van der Waals surface area contributed by atoms with Crippen molar-refractivity contribution in [1.29, 1.82) is 0 Å². The number of rotatable bonds is 6. The van der Waals surface area contributed by atoms with Gasteiger partial charge in [-0.15, -0.1) is 0 Å². The maximum Gasteiger partial charge on any atom is 0.253 e. The van der Waals surface area contributed by atoms with Gasteiger partial charge >= 0.3 is 0 Å². The van der Waals surface area contributed by atoms with Gasteiger partial charge in [0.05, 0.1) is 33.5 Å². The van der Waals surface area contributed by atoms with E-state index in [1.54, 1.807) is 16.8 Å². The van der Waals surface area contributed by atoms with Crippen LogP contribution in [0.3, 0.4) is 0 Å². The number of pyridine rings is 1. The largest absolute Gasteiger partial charge is 0.475 e. The first-order valence-electron chi connectivity index (χ1n) is 9.90. The van der Waals surface area contributed by atoms with Crippen LogP contribution in [0.5, 0.6) is 5.88 Å². The first-order chi connectivity index (χ1) is 14.8. The summed E-state index contributed by atoms with van der Waals surface area (Å²) >= 11 is 6.57. The van der Waals surface area contributed by atoms with Crippen LogP contribution in [-0.4, -0.2) is 44.8 Å². The predicted octanol–water partition coefficient (Wildman–Crippen LogP) is 2.68. The molecule has 10 heteroatoms. The van der Waals surface area contributed by atoms with Crippen molar-refractivity contribution in [2.75, 3.05) is 19.4 Å². The molecule has 160 valence electrons. The minimum atomic E-state index is -0.640. The zero-order valence-electron chi connectivity index (χ0n) is 17.1. The monoisotopic (exact) mass is 439 g/mol. The molecule has 0 spiro atoms. The lowest BCUT2D eigenvalue weighted by Crippen LogP contribution is -2.34. The number of anilines is 1. The normalized spacial score (nSPS) is 14.9. The Morgan fingerprint density at radius 3 is 2.84 bits per heavy atom. The Kier molecular flexibility index (Phi) is 4.35. The zero-order valence-corrected chi connectivity index (χ0v) is 17.9. The number of carbonyl (C=O) groups excluding carboxylic acids is 1. The molecule has 0 radical (unpaired) electrons. The number of likely N-dealkylation sites (N-methyl/N-ethyl adjacent to an activating group) is 1. The molecule has 0 saturated heterocycles. The van der Waals surface area contributed by atoms with Crippen molar-refractivity contribution in [3.05, 3.63) is 40.5 Å². The van der Waals surface area contributed by atoms with Crippen LogP contribution >= 0.6 is 11.6 Å². The molecule has 0 aliphatic heterocycles. The van der Waals surface area contributed by atoms with Gasteiger partial charge in [-0.2, -0.15) is 10.1 Å². The minimum Gasteiger partial charge on any atom is -0.475 e. The van der Waals surface area contributed by atoms with E-state index in [9.17, 15) is 4.79 Å². The van der Waals surface area contributed by atoms with Crippen LogP contribution in [0.2, 0.25) is 5.02 Å². The van der Waals surface area contributed by atoms with Crippen LogP contribution in [0.1, 0.15) is 28.8 Å². The van der Waals surface area contributed by atoms with Crippen molar-refractivity contribution < 1.29 is 9.53 Å². The van der Waals surface area contributed by atoms with E-state index in [1.165, 1.54) is 0 Å². The van der Waals surface area contributed by atoms with Crippen molar-refractivity contribution in [2.45, 2.75) is 25.3 Å². The molecule has 0 unspecified atom stereocenters. The molecule has 0 atom stereocenters. The smallest absolute Gasteiger partial charge is 0.253 e. The molecule has 1 aromatic carbocycles. The topological polar surface area (TPSA) is 137 Å². The van der Waals surface area contributed by atoms with E-state index in [-0.39, 0.29) is 16.9 Å². The van der Waals surface area contributed by atoms with Crippen molar-refractivity contribution >= 4 is 45.3 Å². The third kappa shape index (κ3) is 3.00. The molecule has 3 heterocycles. The second-order valence-electron chi connectivity index (χ2n) is 7.99. The van der Waals surface area contributed by atoms with E-state index in [2.05, 4.69) is 15.5 Å². The molecule has 1 fully saturated rings. The number of fused-ring (bicyclic) bond motifs is 2. The molecule has 1 amide bonds. The standard InChI is InChI=1S/C21H22ClN7O2/c1-10-7-11-15(18(24)30)17(23)29(16-12-8-26-28-14(12)4-3-13(16)22)19(11)27-20(10)31-9-21(25-2)5-6-21/h3-4,7-8,25H,5-6,9,23H2,1-2H3,(H2,24,30)(H,26,28). The molecule has 31 heavy (non-hydrogen) atoms. The summed E-state index contributed by atoms with van der Waals surface area (Å²) in [5.41, 5.74) is 14.9. The Morgan fingerprint density at radius 1 is 1.39 bits per heavy atom. The number of halogens is 1. The SMILES string of the molecule is CNC1(COc2nc3c(cc2C)c(C(N)=O)c(N)n3-c2c(Cl)ccc3[nH]ncc23)CC1. The summed E-state index contributed by atoms with van der Waals surface area (Å²) in [5, 5.41) is 12.0. The number of nitrogen functional groups attached to an aromatic ring is 1. The van der Waals surface area contributed by atoms with Gasteiger partial charge in [0.1, 0.15) is 12.4 Å². The van der Waals surface area contributed by atoms with E-state index in [1.807, 2.05) is 26.1 Å². The number of hydrogen-bond acceptors (Lipinski definition) is 6. The van der Waals surface area contributed by atoms with Crippen molar-refractivity contribution in [2.24, 2.45) is 5.73 Å². The summed E-state index contributed by atoms with van der Waals surface area (Å²) in [6, 6.07) is 5.39. The first kappa shape index (κ1) is 19.7. The predicted molar refractivity (Wildman–Crippen MR) is 120 cm³/mol. The highest BCUT2D eigenvalue weighted by Gasteiger charge is 2.42. The number of nitrogens with one attached hydrogen (secondary N) is 2. The summed E-state index contributed by atoms with van der Waals surface area (Å²) in [6.45, 7) is 2.38. The maximum absolute atomic E-state index is 12.3. The van der Waals surface area contributed by atoms with Gasteiger partial charge in [-0.3, -0.25) is 14.5 Å². The molecule has 5 rings (SSSR count). The van der Waals surface area contributed by atoms with Crippen LogP contribution in [0.4, 0.5) is 5.82 Å². The molecule has 3 aromatic heterocycles. The Labute approximate surface area is 182 Å². The number of aryl methyl sites for hydroxylation is 1. The van der Waals surface area contributed by atoms with Crippen molar-refractivity contribution in [3.8, 4) is 11.6 Å². The van der Waals surface area contributed by atoms with Gasteiger partial charge in [0.2, 0.25) is 5.88 Å². The molecule has 6 N–H and O–H groups in total. The highest BCUT2D eigenvalue weighted by molar-refractivity contribution is 6.34. The summed E-state index contributed by atoms with van der Waals surface area (Å²) < 4.78 is 7.72. The Hall–Kier alpha value is -3.30. The number of nitrogens with zero attached hydrogens (tertiary/aromatic N) is 3. The average molecular weight is 440 g/mol. The van der Waals surface area contributed by atoms with Gasteiger partial charge in [-0.25, -0.2) is 0 Å². The van der Waals surface area contributed by atoms with Crippen LogP contribution in [-0.2, 0) is 0 Å². The van der Waals surface area contributed by atoms with Gasteiger partial charge in [0.25, 0.3) is 5.91 Å². The van der Waals surface area contributed by atoms with Gasteiger partial charge in [0, 0.05) is 16.3 Å². The van der Waals surface area contributed by atoms with E-state index in [4.69, 9.17) is 32.8 Å². The Bertz CT molecular complexity index is 1350. The quantitative estimate of drug-likeness (QED) is 0.364. The second-order valence-corrected chi connectivity index (χ2v) is 8.39. The third-order valence-electron chi connectivity index (χ3n) is 6.01. The van der Waals surface area contributed by atoms with Crippen LogP contribution in [0, 0.1) is 6.92 Å². The number of aromatic amines is 1. The summed E-state index contributed by atoms with van der Waals surface area (Å²) in [4.78, 5) is 17.0. The number of ether oxygens (including phenoxy) is 1. The molecule has 9 nitrogen and oxygen atoms in total. The first-order valence-corrected chi connectivity index (χ1v) is 10.3. The highest BCUT2D eigenvalue weighted by atomic mass is 35.5. The van der Waals surface area contributed by atoms with Gasteiger partial charge in [0.15, 0.2) is 5.65 Å². The van der Waals surface area contributed by atoms with Gasteiger partial charge in [-0.05, 0) is 45.0 Å². The molecule has 1 aliphatic carbocycles. The van der Waals surface area contributed by atoms with Crippen LogP contribution < -0.4 is 21.5 Å². The third-order valence-corrected chi connectivity index (χ3v) is 6.32. The van der Waals surface area contributed by atoms with Crippen LogP contribution in [0.25, 0.3) is 27.6 Å². The minimum absolute atomic E-state index is 0.00578. The van der Waals surface area contributed by atoms with Gasteiger partial charge < -0.3 is 21.5 Å². The fourth-order valence-corrected chi connectivity index (χ4v) is 4.21. The van der Waals surface area contributed by atoms with Gasteiger partial charge in [-0.1, -0.05) is 11.6 Å². The molecule has 0 bridgehead atoms. The molecule has 4 aromatic rings. The lowest BCUT2D eigenvalue weighted by molar-refractivity contribution is 0.100. The number of benzene rings is 1. The molecular weight excluding hydrogens is 418 g/mol. The fourth-order valence-electron chi connectivity index (χ4n) is 3.96. The highest BCUT2D eigenvalue weighted by Crippen LogP contribution is 2.39. The second kappa shape index (κ2) is 6.86. The molecular formula is C21H22ClN7O2. The number of nitrogens with two attached hydrogens (primary N) is 2. The van der Waals surface area contributed by atoms with Crippen molar-refractivity contribution in [1.82, 2.24) is 25.1 Å². The van der Waals surface area contributed by atoms with E-state index in [0.717, 1.165) is 29.3 Å². The van der Waals surface area contributed by atoms with E-state index >= 15 is 0 Å². The number of aromatic nitrogens is 4. The summed E-state index contributed by atoms with van der Waals surface area (Å²) in [5.74, 6) is -0.00551. The Balaban J connectivity index is 1.76. The number of amides is 1. The van der Waals surface area contributed by atoms with Crippen molar-refractivity contribution in [3.63, 3.8) is 0 Å². The lowest BCUT2D eigenvalue weighted by atomic mass is 10.1. The average Bonchev–Trinajstić information content (AvgIpc) is 3.26. The molecule has 1 aliphatic rings. The van der Waals surface area contributed by atoms with E-state index < -0.39 is 5.91 Å². The summed E-state index contributed by atoms with van der Waals surface area (Å²) in [7, 11) is 1.93. The summed E-state index contributed by atoms with van der Waals surface area (Å²) in [6.07, 6.45) is 3.76. The fraction of sp³-hybridized carbons (Fsp3) is 0.286. The zero-order chi connectivity index (χ0) is 21.9. The van der Waals surface area contributed by atoms with Crippen LogP contribution in [0.15, 0.2) is 24.4 Å². The number of H-pyrrole nitrogens is 1. The number of carbonyl (C=O) groups is 1. The Morgan fingerprint density at radius 2 is 2.16 bits per heavy atom. The lowest BCUT2D eigenvalue weighted by Gasteiger charge is -2.16. The van der Waals surface area contributed by atoms with E-state index in [0.29, 0.717) is 34.2 Å². The number of primary amides is 1.